The third-order valence-corrected chi connectivity index (χ3v) is 11.6. The molecule has 7 aromatic rings. The first-order valence-corrected chi connectivity index (χ1v) is 18.2. The normalized spacial score (nSPS) is 13.9. The molecule has 50 heavy (non-hydrogen) atoms. The van der Waals surface area contributed by atoms with Crippen molar-refractivity contribution < 1.29 is 0 Å². The van der Waals surface area contributed by atoms with E-state index in [-0.39, 0.29) is 23.0 Å². The minimum atomic E-state index is -0.223. The van der Waals surface area contributed by atoms with E-state index in [4.69, 9.17) is 0 Å². The number of nitrogens with zero attached hydrogens (tertiary/aromatic N) is 2. The van der Waals surface area contributed by atoms with Gasteiger partial charge in [0.1, 0.15) is 0 Å². The molecule has 0 unspecified atom stereocenters. The number of para-hydroxylation sites is 2. The maximum absolute atomic E-state index is 2.62. The van der Waals surface area contributed by atoms with Gasteiger partial charge in [-0.25, -0.2) is 0 Å². The molecule has 3 heterocycles. The van der Waals surface area contributed by atoms with Crippen LogP contribution in [0.3, 0.4) is 0 Å². The molecule has 0 saturated heterocycles. The van der Waals surface area contributed by atoms with Gasteiger partial charge in [0.15, 0.2) is 0 Å². The molecular formula is C47H45BN2. The van der Waals surface area contributed by atoms with Gasteiger partial charge in [-0.3, -0.25) is 0 Å². The van der Waals surface area contributed by atoms with Gasteiger partial charge in [0.05, 0.1) is 5.52 Å². The fourth-order valence-electron chi connectivity index (χ4n) is 8.62. The Balaban J connectivity index is 1.48. The number of aromatic nitrogens is 1. The lowest BCUT2D eigenvalue weighted by Gasteiger charge is -2.42. The van der Waals surface area contributed by atoms with Crippen LogP contribution in [0.25, 0.3) is 27.5 Å². The number of hydrogen-bond donors (Lipinski definition) is 0. The Morgan fingerprint density at radius 3 is 1.78 bits per heavy atom. The molecule has 0 atom stereocenters. The van der Waals surface area contributed by atoms with Gasteiger partial charge in [-0.05, 0) is 98.0 Å². The average Bonchev–Trinajstić information content (AvgIpc) is 3.44. The summed E-state index contributed by atoms with van der Waals surface area (Å²) in [5, 5.41) is 2.70. The highest BCUT2D eigenvalue weighted by molar-refractivity contribution is 7.00. The van der Waals surface area contributed by atoms with Crippen LogP contribution >= 0.6 is 0 Å². The van der Waals surface area contributed by atoms with Gasteiger partial charge in [0.25, 0.3) is 6.71 Å². The lowest BCUT2D eigenvalue weighted by atomic mass is 9.33. The summed E-state index contributed by atoms with van der Waals surface area (Å²) in [5.41, 5.74) is 17.0. The lowest BCUT2D eigenvalue weighted by molar-refractivity contribution is 0.590. The molecule has 0 radical (unpaired) electrons. The molecule has 6 aromatic carbocycles. The minimum Gasteiger partial charge on any atom is -0.311 e. The molecule has 1 aromatic heterocycles. The van der Waals surface area contributed by atoms with Crippen LogP contribution in [-0.2, 0) is 16.2 Å². The van der Waals surface area contributed by atoms with Gasteiger partial charge in [-0.15, -0.1) is 0 Å². The fourth-order valence-corrected chi connectivity index (χ4v) is 8.62. The first kappa shape index (κ1) is 31.0. The number of fused-ring (bicyclic) bond motifs is 7. The number of rotatable bonds is 3. The predicted molar refractivity (Wildman–Crippen MR) is 216 cm³/mol. The van der Waals surface area contributed by atoms with Gasteiger partial charge in [-0.1, -0.05) is 134 Å². The van der Waals surface area contributed by atoms with Crippen molar-refractivity contribution in [1.29, 1.82) is 0 Å². The Bertz CT molecular complexity index is 2470. The molecule has 2 nitrogen and oxygen atoms in total. The number of anilines is 3. The quantitative estimate of drug-likeness (QED) is 0.173. The molecule has 2 aliphatic rings. The second-order valence-electron chi connectivity index (χ2n) is 17.1. The standard InChI is InChI=1S/C47H45BN2/c1-45(2,3)31-23-24-39-35(25-31)36-26-32(46(4,5)6)27-38-44(36)50(39)42-29-33(47(7,8)30-17-11-9-12-18-30)28-41-43(42)48(38)37-21-15-16-22-40(37)49(41)34-19-13-10-14-20-34/h9-29H,1-8H3. The monoisotopic (exact) mass is 648 g/mol. The maximum Gasteiger partial charge on any atom is 0.252 e. The molecule has 246 valence electrons. The van der Waals surface area contributed by atoms with E-state index in [9.17, 15) is 0 Å². The van der Waals surface area contributed by atoms with Gasteiger partial charge in [0, 0.05) is 44.5 Å². The van der Waals surface area contributed by atoms with E-state index in [2.05, 4.69) is 192 Å². The Morgan fingerprint density at radius 2 is 1.08 bits per heavy atom. The Kier molecular flexibility index (Phi) is 6.51. The Hall–Kier alpha value is -5.02. The van der Waals surface area contributed by atoms with Gasteiger partial charge in [-0.2, -0.15) is 0 Å². The molecule has 0 spiro atoms. The molecule has 0 fully saturated rings. The van der Waals surface area contributed by atoms with Crippen molar-refractivity contribution >= 4 is 62.0 Å². The summed E-state index contributed by atoms with van der Waals surface area (Å²) in [6.07, 6.45) is 0. The predicted octanol–water partition coefficient (Wildman–Crippen LogP) is 10.3. The zero-order chi connectivity index (χ0) is 34.7. The Morgan fingerprint density at radius 1 is 0.460 bits per heavy atom. The van der Waals surface area contributed by atoms with Crippen molar-refractivity contribution in [3.8, 4) is 5.69 Å². The Labute approximate surface area is 297 Å². The molecule has 3 heteroatoms. The van der Waals surface area contributed by atoms with E-state index in [0.717, 1.165) is 0 Å². The highest BCUT2D eigenvalue weighted by Crippen LogP contribution is 2.45. The highest BCUT2D eigenvalue weighted by Gasteiger charge is 2.43. The lowest BCUT2D eigenvalue weighted by Crippen LogP contribution is -2.60. The van der Waals surface area contributed by atoms with E-state index >= 15 is 0 Å². The topological polar surface area (TPSA) is 8.17 Å². The third-order valence-electron chi connectivity index (χ3n) is 11.6. The fraction of sp³-hybridized carbons (Fsp3) is 0.234. The van der Waals surface area contributed by atoms with Crippen molar-refractivity contribution in [2.24, 2.45) is 0 Å². The number of benzene rings is 6. The summed E-state index contributed by atoms with van der Waals surface area (Å²) < 4.78 is 2.62. The van der Waals surface area contributed by atoms with Crippen molar-refractivity contribution in [3.05, 3.63) is 150 Å². The second kappa shape index (κ2) is 10.5. The first-order valence-electron chi connectivity index (χ1n) is 18.2. The van der Waals surface area contributed by atoms with Crippen molar-refractivity contribution in [1.82, 2.24) is 4.57 Å². The number of hydrogen-bond acceptors (Lipinski definition) is 1. The summed E-state index contributed by atoms with van der Waals surface area (Å²) in [4.78, 5) is 2.52. The average molecular weight is 649 g/mol. The summed E-state index contributed by atoms with van der Waals surface area (Å²) in [7, 11) is 0. The van der Waals surface area contributed by atoms with E-state index in [1.807, 2.05) is 0 Å². The van der Waals surface area contributed by atoms with Crippen LogP contribution in [0.1, 0.15) is 77.6 Å². The molecule has 0 N–H and O–H groups in total. The van der Waals surface area contributed by atoms with Gasteiger partial charge < -0.3 is 9.47 Å². The van der Waals surface area contributed by atoms with Gasteiger partial charge in [0.2, 0.25) is 0 Å². The molecule has 2 aliphatic heterocycles. The maximum atomic E-state index is 2.62. The van der Waals surface area contributed by atoms with Crippen molar-refractivity contribution in [3.63, 3.8) is 0 Å². The van der Waals surface area contributed by atoms with Crippen LogP contribution in [-0.4, -0.2) is 11.3 Å². The van der Waals surface area contributed by atoms with E-state index < -0.39 is 0 Å². The molecule has 0 amide bonds. The zero-order valence-electron chi connectivity index (χ0n) is 30.6. The van der Waals surface area contributed by atoms with Crippen LogP contribution in [0.4, 0.5) is 17.1 Å². The van der Waals surface area contributed by atoms with Crippen LogP contribution in [0.5, 0.6) is 0 Å². The smallest absolute Gasteiger partial charge is 0.252 e. The summed E-state index contributed by atoms with van der Waals surface area (Å²) in [6.45, 7) is 18.9. The molecular weight excluding hydrogens is 603 g/mol. The van der Waals surface area contributed by atoms with Crippen molar-refractivity contribution in [2.45, 2.75) is 71.6 Å². The SMILES string of the molecule is CC(C)(C)c1ccc2c(c1)c1cc(C(C)(C)C)cc3c1n2-c1cc(C(C)(C)c2ccccc2)cc2c1B3c1ccccc1N2c1ccccc1. The van der Waals surface area contributed by atoms with Crippen molar-refractivity contribution in [2.75, 3.05) is 4.90 Å². The van der Waals surface area contributed by atoms with Gasteiger partial charge >= 0.3 is 0 Å². The summed E-state index contributed by atoms with van der Waals surface area (Å²) >= 11 is 0. The first-order chi connectivity index (χ1) is 23.8. The van der Waals surface area contributed by atoms with Crippen LogP contribution in [0, 0.1) is 0 Å². The molecule has 0 aliphatic carbocycles. The van der Waals surface area contributed by atoms with Crippen LogP contribution in [0.15, 0.2) is 127 Å². The molecule has 0 bridgehead atoms. The molecule has 9 rings (SSSR count). The van der Waals surface area contributed by atoms with Crippen LogP contribution in [0.2, 0.25) is 0 Å². The minimum absolute atomic E-state index is 0.00230. The second-order valence-corrected chi connectivity index (χ2v) is 17.1. The van der Waals surface area contributed by atoms with E-state index in [1.54, 1.807) is 0 Å². The zero-order valence-corrected chi connectivity index (χ0v) is 30.6. The molecule has 0 saturated carbocycles. The summed E-state index contributed by atoms with van der Waals surface area (Å²) in [6, 6.07) is 48.4. The van der Waals surface area contributed by atoms with E-state index in [1.165, 1.54) is 83.2 Å². The largest absolute Gasteiger partial charge is 0.311 e. The van der Waals surface area contributed by atoms with Crippen LogP contribution < -0.4 is 21.3 Å². The highest BCUT2D eigenvalue weighted by atomic mass is 15.2. The third kappa shape index (κ3) is 4.42. The van der Waals surface area contributed by atoms with E-state index in [0.29, 0.717) is 0 Å². The summed E-state index contributed by atoms with van der Waals surface area (Å²) in [5.74, 6) is 0.